The molecule has 200 valence electrons. The molecular formula is C33H35N3O3. The minimum absolute atomic E-state index is 0.122. The number of carbonyl (C=O) groups is 1. The van der Waals surface area contributed by atoms with Gasteiger partial charge in [-0.05, 0) is 55.9 Å². The van der Waals surface area contributed by atoms with Gasteiger partial charge in [0.15, 0.2) is 0 Å². The Kier molecular flexibility index (Phi) is 7.07. The Morgan fingerprint density at radius 2 is 1.49 bits per heavy atom. The zero-order chi connectivity index (χ0) is 26.9. The van der Waals surface area contributed by atoms with E-state index in [1.54, 1.807) is 4.57 Å². The lowest BCUT2D eigenvalue weighted by molar-refractivity contribution is 0.0298. The highest BCUT2D eigenvalue weighted by Gasteiger charge is 2.41. The molecule has 1 amide bonds. The van der Waals surface area contributed by atoms with Crippen LogP contribution in [0.5, 0.6) is 0 Å². The number of aliphatic hydroxyl groups excluding tert-OH is 1. The largest absolute Gasteiger partial charge is 0.393 e. The summed E-state index contributed by atoms with van der Waals surface area (Å²) >= 11 is 0. The fourth-order valence-corrected chi connectivity index (χ4v) is 6.66. The maximum atomic E-state index is 14.3. The van der Waals surface area contributed by atoms with Crippen LogP contribution in [-0.4, -0.2) is 38.7 Å². The predicted octanol–water partition coefficient (Wildman–Crippen LogP) is 5.36. The molecule has 6 nitrogen and oxygen atoms in total. The van der Waals surface area contributed by atoms with Crippen LogP contribution in [0.15, 0.2) is 89.7 Å². The lowest BCUT2D eigenvalue weighted by Crippen LogP contribution is -2.45. The normalized spacial score (nSPS) is 21.6. The predicted molar refractivity (Wildman–Crippen MR) is 154 cm³/mol. The quantitative estimate of drug-likeness (QED) is 0.343. The number of para-hydroxylation sites is 1. The number of amides is 1. The second-order valence-corrected chi connectivity index (χ2v) is 10.9. The van der Waals surface area contributed by atoms with Gasteiger partial charge in [-0.25, -0.2) is 0 Å². The van der Waals surface area contributed by atoms with Crippen molar-refractivity contribution in [3.63, 3.8) is 0 Å². The number of carbonyl (C=O) groups excluding carboxylic acids is 1. The number of aliphatic hydroxyl groups is 1. The molecule has 0 spiro atoms. The first-order chi connectivity index (χ1) is 19.0. The molecule has 0 saturated carbocycles. The van der Waals surface area contributed by atoms with Crippen molar-refractivity contribution in [1.29, 1.82) is 0 Å². The van der Waals surface area contributed by atoms with Crippen molar-refractivity contribution in [2.24, 2.45) is 0 Å². The van der Waals surface area contributed by atoms with E-state index in [1.165, 1.54) is 0 Å². The molecular weight excluding hydrogens is 486 g/mol. The number of hydrogen-bond donors (Lipinski definition) is 2. The van der Waals surface area contributed by atoms with Gasteiger partial charge in [0.2, 0.25) is 0 Å². The molecule has 1 aromatic heterocycles. The van der Waals surface area contributed by atoms with Gasteiger partial charge < -0.3 is 10.4 Å². The van der Waals surface area contributed by atoms with Crippen LogP contribution in [0.3, 0.4) is 0 Å². The molecule has 0 radical (unpaired) electrons. The van der Waals surface area contributed by atoms with Gasteiger partial charge >= 0.3 is 0 Å². The zero-order valence-electron chi connectivity index (χ0n) is 22.3. The smallest absolute Gasteiger partial charge is 0.263 e. The highest BCUT2D eigenvalue weighted by Crippen LogP contribution is 2.38. The molecule has 2 aliphatic heterocycles. The number of pyridine rings is 1. The first-order valence-corrected chi connectivity index (χ1v) is 14.1. The summed E-state index contributed by atoms with van der Waals surface area (Å²) in [6.07, 6.45) is 3.97. The third-order valence-electron chi connectivity index (χ3n) is 8.54. The maximum Gasteiger partial charge on any atom is 0.263 e. The minimum Gasteiger partial charge on any atom is -0.393 e. The van der Waals surface area contributed by atoms with Crippen molar-refractivity contribution in [3.8, 4) is 5.69 Å². The van der Waals surface area contributed by atoms with Crippen LogP contribution in [0.1, 0.15) is 66.7 Å². The Morgan fingerprint density at radius 3 is 2.13 bits per heavy atom. The van der Waals surface area contributed by atoms with E-state index in [0.717, 1.165) is 43.4 Å². The summed E-state index contributed by atoms with van der Waals surface area (Å²) in [7, 11) is 0. The Balaban J connectivity index is 1.54. The van der Waals surface area contributed by atoms with Crippen LogP contribution >= 0.6 is 0 Å². The molecule has 3 atom stereocenters. The van der Waals surface area contributed by atoms with Gasteiger partial charge in [-0.1, -0.05) is 73.7 Å². The molecule has 2 N–H and O–H groups in total. The van der Waals surface area contributed by atoms with Gasteiger partial charge in [0, 0.05) is 35.1 Å². The van der Waals surface area contributed by atoms with Crippen LogP contribution in [0, 0.1) is 0 Å². The number of nitrogens with one attached hydrogen (secondary N) is 1. The average Bonchev–Trinajstić information content (AvgIpc) is 3.20. The Labute approximate surface area is 228 Å². The van der Waals surface area contributed by atoms with Crippen LogP contribution < -0.4 is 10.9 Å². The molecule has 6 rings (SSSR count). The van der Waals surface area contributed by atoms with Crippen LogP contribution in [0.25, 0.3) is 16.5 Å². The third kappa shape index (κ3) is 4.79. The summed E-state index contributed by atoms with van der Waals surface area (Å²) in [6, 6.07) is 27.4. The molecule has 0 aliphatic carbocycles. The fraction of sp³-hybridized carbons (Fsp3) is 0.333. The number of hydrogen-bond acceptors (Lipinski definition) is 4. The molecule has 2 fully saturated rings. The van der Waals surface area contributed by atoms with Crippen molar-refractivity contribution in [2.75, 3.05) is 0 Å². The van der Waals surface area contributed by atoms with Crippen molar-refractivity contribution < 1.29 is 9.90 Å². The van der Waals surface area contributed by atoms with Crippen LogP contribution in [0.4, 0.5) is 0 Å². The van der Waals surface area contributed by atoms with Gasteiger partial charge in [-0.3, -0.25) is 19.1 Å². The number of benzene rings is 3. The van der Waals surface area contributed by atoms with Gasteiger partial charge in [-0.2, -0.15) is 0 Å². The lowest BCUT2D eigenvalue weighted by atomic mass is 9.97. The summed E-state index contributed by atoms with van der Waals surface area (Å²) in [4.78, 5) is 30.8. The molecule has 1 unspecified atom stereocenters. The SMILES string of the molecule is CCC(NC(=O)c1c(CN2[C@@H]3CC[C@@H]2CC(O)C3)n(-c2ccccc2)c(=O)c2ccccc12)c1ccccc1. The number of fused-ring (bicyclic) bond motifs is 3. The van der Waals surface area contributed by atoms with Gasteiger partial charge in [0.05, 0.1) is 23.4 Å². The average molecular weight is 522 g/mol. The number of piperidine rings is 1. The van der Waals surface area contributed by atoms with E-state index in [2.05, 4.69) is 17.1 Å². The van der Waals surface area contributed by atoms with Gasteiger partial charge in [-0.15, -0.1) is 0 Å². The summed E-state index contributed by atoms with van der Waals surface area (Å²) in [6.45, 7) is 2.54. The van der Waals surface area contributed by atoms with E-state index in [0.29, 0.717) is 28.6 Å². The fourth-order valence-electron chi connectivity index (χ4n) is 6.66. The Bertz CT molecular complexity index is 1520. The highest BCUT2D eigenvalue weighted by atomic mass is 16.3. The monoisotopic (exact) mass is 521 g/mol. The number of nitrogens with zero attached hydrogens (tertiary/aromatic N) is 2. The van der Waals surface area contributed by atoms with E-state index in [9.17, 15) is 14.7 Å². The van der Waals surface area contributed by atoms with Crippen molar-refractivity contribution in [3.05, 3.63) is 112 Å². The standard InChI is InChI=1S/C33H35N3O3/c1-2-29(22-11-5-3-6-12-22)34-32(38)31-27-15-9-10-16-28(27)33(39)36(23-13-7-4-8-14-23)30(31)21-35-24-17-18-25(35)20-26(37)19-24/h3-16,24-26,29,37H,2,17-21H2,1H3,(H,34,38)/t24-,25-,29?/m1/s1. The first-order valence-electron chi connectivity index (χ1n) is 14.1. The molecule has 4 aromatic rings. The molecule has 2 bridgehead atoms. The van der Waals surface area contributed by atoms with E-state index in [-0.39, 0.29) is 35.7 Å². The lowest BCUT2D eigenvalue weighted by Gasteiger charge is -2.38. The molecule has 3 aromatic carbocycles. The van der Waals surface area contributed by atoms with E-state index < -0.39 is 0 Å². The molecule has 39 heavy (non-hydrogen) atoms. The van der Waals surface area contributed by atoms with E-state index >= 15 is 0 Å². The highest BCUT2D eigenvalue weighted by molar-refractivity contribution is 6.08. The molecule has 2 aliphatic rings. The summed E-state index contributed by atoms with van der Waals surface area (Å²) in [5.41, 5.74) is 2.94. The number of rotatable bonds is 7. The molecule has 6 heteroatoms. The second-order valence-electron chi connectivity index (χ2n) is 10.9. The van der Waals surface area contributed by atoms with Gasteiger partial charge in [0.25, 0.3) is 11.5 Å². The zero-order valence-corrected chi connectivity index (χ0v) is 22.3. The topological polar surface area (TPSA) is 74.6 Å². The molecule has 3 heterocycles. The summed E-state index contributed by atoms with van der Waals surface area (Å²) in [5.74, 6) is -0.175. The van der Waals surface area contributed by atoms with Crippen molar-refractivity contribution in [2.45, 2.75) is 69.8 Å². The van der Waals surface area contributed by atoms with Crippen LogP contribution in [-0.2, 0) is 6.54 Å². The summed E-state index contributed by atoms with van der Waals surface area (Å²) < 4.78 is 1.74. The number of aromatic nitrogens is 1. The van der Waals surface area contributed by atoms with E-state index in [4.69, 9.17) is 0 Å². The van der Waals surface area contributed by atoms with Gasteiger partial charge in [0.1, 0.15) is 0 Å². The third-order valence-corrected chi connectivity index (χ3v) is 8.54. The van der Waals surface area contributed by atoms with Crippen molar-refractivity contribution >= 4 is 16.7 Å². The molecule has 2 saturated heterocycles. The van der Waals surface area contributed by atoms with Crippen LogP contribution in [0.2, 0.25) is 0 Å². The Morgan fingerprint density at radius 1 is 0.897 bits per heavy atom. The van der Waals surface area contributed by atoms with E-state index in [1.807, 2.05) is 84.9 Å². The Hall–Kier alpha value is -3.74. The maximum absolute atomic E-state index is 14.3. The first kappa shape index (κ1) is 25.5. The van der Waals surface area contributed by atoms with Crippen molar-refractivity contribution in [1.82, 2.24) is 14.8 Å². The minimum atomic E-state index is -0.286. The second kappa shape index (κ2) is 10.8. The summed E-state index contributed by atoms with van der Waals surface area (Å²) in [5, 5.41) is 14.9.